The van der Waals surface area contributed by atoms with Crippen LogP contribution in [0.15, 0.2) is 11.6 Å². The zero-order valence-electron chi connectivity index (χ0n) is 6.70. The Balaban J connectivity index is 2.57. The van der Waals surface area contributed by atoms with Crippen molar-refractivity contribution in [2.45, 2.75) is 32.5 Å². The average molecular weight is 156 g/mol. The molecule has 0 radical (unpaired) electrons. The van der Waals surface area contributed by atoms with E-state index in [0.29, 0.717) is 12.0 Å². The maximum Gasteiger partial charge on any atom is 0.334 e. The molecule has 0 spiro atoms. The van der Waals surface area contributed by atoms with Crippen LogP contribution in [0.2, 0.25) is 0 Å². The predicted octanol–water partition coefficient (Wildman–Crippen LogP) is 0.629. The average Bonchev–Trinajstić information content (AvgIpc) is 2.09. The molecule has 1 aliphatic rings. The second-order valence-electron chi connectivity index (χ2n) is 2.86. The molecule has 1 rings (SSSR count). The fraction of sp³-hybridized carbons (Fsp3) is 0.625. The quantitative estimate of drug-likeness (QED) is 0.596. The van der Waals surface area contributed by atoms with Crippen molar-refractivity contribution in [3.05, 3.63) is 11.6 Å². The number of aliphatic hydroxyl groups excluding tert-OH is 1. The predicted molar refractivity (Wildman–Crippen MR) is 39.9 cm³/mol. The highest BCUT2D eigenvalue weighted by Gasteiger charge is 2.22. The van der Waals surface area contributed by atoms with Crippen molar-refractivity contribution in [2.24, 2.45) is 0 Å². The highest BCUT2D eigenvalue weighted by molar-refractivity contribution is 5.90. The summed E-state index contributed by atoms with van der Waals surface area (Å²) in [7, 11) is 0. The summed E-state index contributed by atoms with van der Waals surface area (Å²) in [5.41, 5.74) is 0.590. The Kier molecular flexibility index (Phi) is 2.29. The van der Waals surface area contributed by atoms with E-state index >= 15 is 0 Å². The molecule has 0 aliphatic carbocycles. The summed E-state index contributed by atoms with van der Waals surface area (Å²) in [5.74, 6) is -0.293. The van der Waals surface area contributed by atoms with Gasteiger partial charge in [-0.3, -0.25) is 0 Å². The molecule has 1 heterocycles. The Morgan fingerprint density at radius 2 is 2.45 bits per heavy atom. The van der Waals surface area contributed by atoms with Gasteiger partial charge < -0.3 is 9.84 Å². The van der Waals surface area contributed by atoms with E-state index in [4.69, 9.17) is 9.84 Å². The minimum absolute atomic E-state index is 0.128. The van der Waals surface area contributed by atoms with Crippen molar-refractivity contribution in [3.63, 3.8) is 0 Å². The van der Waals surface area contributed by atoms with Crippen molar-refractivity contribution < 1.29 is 14.6 Å². The van der Waals surface area contributed by atoms with Gasteiger partial charge in [-0.15, -0.1) is 0 Å². The van der Waals surface area contributed by atoms with Crippen LogP contribution in [0.5, 0.6) is 0 Å². The third-order valence-corrected chi connectivity index (χ3v) is 1.51. The van der Waals surface area contributed by atoms with Gasteiger partial charge in [-0.1, -0.05) is 0 Å². The fourth-order valence-corrected chi connectivity index (χ4v) is 1.10. The van der Waals surface area contributed by atoms with Gasteiger partial charge in [0, 0.05) is 12.0 Å². The van der Waals surface area contributed by atoms with Gasteiger partial charge in [0.15, 0.2) is 0 Å². The maximum absolute atomic E-state index is 10.9. The van der Waals surface area contributed by atoms with Crippen molar-refractivity contribution >= 4 is 5.97 Å². The van der Waals surface area contributed by atoms with E-state index in [1.54, 1.807) is 19.9 Å². The summed E-state index contributed by atoms with van der Waals surface area (Å²) in [6.07, 6.45) is 1.54. The molecule has 11 heavy (non-hydrogen) atoms. The van der Waals surface area contributed by atoms with E-state index in [9.17, 15) is 4.79 Å². The van der Waals surface area contributed by atoms with E-state index < -0.39 is 6.10 Å². The van der Waals surface area contributed by atoms with Crippen molar-refractivity contribution in [1.29, 1.82) is 0 Å². The molecule has 0 bridgehead atoms. The van der Waals surface area contributed by atoms with Crippen LogP contribution in [-0.2, 0) is 9.53 Å². The van der Waals surface area contributed by atoms with Crippen LogP contribution in [0.25, 0.3) is 0 Å². The number of hydrogen-bond donors (Lipinski definition) is 1. The number of cyclic esters (lactones) is 1. The first kappa shape index (κ1) is 8.27. The third kappa shape index (κ3) is 2.05. The highest BCUT2D eigenvalue weighted by atomic mass is 16.5. The third-order valence-electron chi connectivity index (χ3n) is 1.51. The number of hydrogen-bond acceptors (Lipinski definition) is 3. The Morgan fingerprint density at radius 1 is 1.82 bits per heavy atom. The Labute approximate surface area is 65.7 Å². The van der Waals surface area contributed by atoms with Gasteiger partial charge in [0.2, 0.25) is 0 Å². The molecular weight excluding hydrogens is 144 g/mol. The molecule has 0 aromatic rings. The maximum atomic E-state index is 10.9. The molecule has 3 nitrogen and oxygen atoms in total. The van der Waals surface area contributed by atoms with E-state index in [-0.39, 0.29) is 12.1 Å². The second-order valence-corrected chi connectivity index (χ2v) is 2.86. The number of aliphatic hydroxyl groups is 1. The Bertz CT molecular complexity index is 194. The lowest BCUT2D eigenvalue weighted by atomic mass is 10.1. The van der Waals surface area contributed by atoms with Crippen molar-refractivity contribution in [1.82, 2.24) is 0 Å². The number of esters is 1. The van der Waals surface area contributed by atoms with Crippen LogP contribution in [0.1, 0.15) is 20.3 Å². The van der Waals surface area contributed by atoms with Crippen LogP contribution in [0, 0.1) is 0 Å². The van der Waals surface area contributed by atoms with Gasteiger partial charge in [0.25, 0.3) is 0 Å². The molecule has 2 unspecified atom stereocenters. The SMILES string of the molecule is CC(O)CC1=CC(C)OC1=O. The summed E-state index contributed by atoms with van der Waals surface area (Å²) in [6, 6.07) is 0. The van der Waals surface area contributed by atoms with E-state index in [1.165, 1.54) is 0 Å². The molecule has 0 aromatic carbocycles. The van der Waals surface area contributed by atoms with Gasteiger partial charge in [-0.2, -0.15) is 0 Å². The number of carbonyl (C=O) groups excluding carboxylic acids is 1. The van der Waals surface area contributed by atoms with Crippen molar-refractivity contribution in [2.75, 3.05) is 0 Å². The standard InChI is InChI=1S/C8H12O3/c1-5(9)3-7-4-6(2)11-8(7)10/h4-6,9H,3H2,1-2H3. The van der Waals surface area contributed by atoms with Gasteiger partial charge in [-0.25, -0.2) is 4.79 Å². The molecule has 1 aliphatic heterocycles. The fourth-order valence-electron chi connectivity index (χ4n) is 1.10. The van der Waals surface area contributed by atoms with E-state index in [2.05, 4.69) is 0 Å². The first-order valence-corrected chi connectivity index (χ1v) is 3.69. The minimum atomic E-state index is -0.473. The van der Waals surface area contributed by atoms with Gasteiger partial charge in [-0.05, 0) is 19.9 Å². The van der Waals surface area contributed by atoms with Gasteiger partial charge >= 0.3 is 5.97 Å². The minimum Gasteiger partial charge on any atom is -0.455 e. The first-order chi connectivity index (χ1) is 5.09. The van der Waals surface area contributed by atoms with Gasteiger partial charge in [0.05, 0.1) is 6.10 Å². The van der Waals surface area contributed by atoms with E-state index in [1.807, 2.05) is 0 Å². The summed E-state index contributed by atoms with van der Waals surface area (Å²) in [4.78, 5) is 10.9. The molecule has 2 atom stereocenters. The smallest absolute Gasteiger partial charge is 0.334 e. The Hall–Kier alpha value is -0.830. The zero-order valence-corrected chi connectivity index (χ0v) is 6.70. The normalized spacial score (nSPS) is 26.3. The van der Waals surface area contributed by atoms with Crippen LogP contribution in [0.4, 0.5) is 0 Å². The monoisotopic (exact) mass is 156 g/mol. The molecule has 0 amide bonds. The Morgan fingerprint density at radius 3 is 2.82 bits per heavy atom. The second kappa shape index (κ2) is 3.05. The zero-order chi connectivity index (χ0) is 8.43. The summed E-state index contributed by atoms with van der Waals surface area (Å²) in [6.45, 7) is 3.45. The lowest BCUT2D eigenvalue weighted by Crippen LogP contribution is -2.08. The molecule has 0 saturated carbocycles. The summed E-state index contributed by atoms with van der Waals surface area (Å²) < 4.78 is 4.83. The lowest BCUT2D eigenvalue weighted by Gasteiger charge is -2.01. The number of carbonyl (C=O) groups is 1. The van der Waals surface area contributed by atoms with Crippen LogP contribution >= 0.6 is 0 Å². The first-order valence-electron chi connectivity index (χ1n) is 3.69. The topological polar surface area (TPSA) is 46.5 Å². The van der Waals surface area contributed by atoms with Crippen LogP contribution < -0.4 is 0 Å². The molecular formula is C8H12O3. The summed E-state index contributed by atoms with van der Waals surface area (Å²) in [5, 5.41) is 8.97. The highest BCUT2D eigenvalue weighted by Crippen LogP contribution is 2.17. The molecule has 3 heteroatoms. The molecule has 62 valence electrons. The largest absolute Gasteiger partial charge is 0.455 e. The molecule has 0 saturated heterocycles. The van der Waals surface area contributed by atoms with Crippen LogP contribution in [0.3, 0.4) is 0 Å². The lowest BCUT2D eigenvalue weighted by molar-refractivity contribution is -0.139. The van der Waals surface area contributed by atoms with Crippen molar-refractivity contribution in [3.8, 4) is 0 Å². The molecule has 0 aromatic heterocycles. The van der Waals surface area contributed by atoms with E-state index in [0.717, 1.165) is 0 Å². The van der Waals surface area contributed by atoms with Gasteiger partial charge in [0.1, 0.15) is 6.10 Å². The summed E-state index contributed by atoms with van der Waals surface area (Å²) >= 11 is 0. The molecule has 1 N–H and O–H groups in total. The van der Waals surface area contributed by atoms with Crippen LogP contribution in [-0.4, -0.2) is 23.3 Å². The number of ether oxygens (including phenoxy) is 1. The number of rotatable bonds is 2. The molecule has 0 fully saturated rings.